The van der Waals surface area contributed by atoms with Gasteiger partial charge in [-0.1, -0.05) is 12.1 Å². The van der Waals surface area contributed by atoms with E-state index in [0.717, 1.165) is 20.4 Å². The molecule has 0 aliphatic heterocycles. The van der Waals surface area contributed by atoms with Gasteiger partial charge in [-0.15, -0.1) is 22.7 Å². The Labute approximate surface area is 150 Å². The zero-order valence-electron chi connectivity index (χ0n) is 13.0. The first-order valence-corrected chi connectivity index (χ1v) is 8.72. The van der Waals surface area contributed by atoms with E-state index in [1.54, 1.807) is 30.6 Å². The summed E-state index contributed by atoms with van der Waals surface area (Å²) in [5.74, 6) is -1.19. The zero-order chi connectivity index (χ0) is 17.8. The highest BCUT2D eigenvalue weighted by Gasteiger charge is 2.10. The lowest BCUT2D eigenvalue weighted by Gasteiger charge is -1.90. The largest absolute Gasteiger partial charge is 0.477 e. The van der Waals surface area contributed by atoms with Crippen LogP contribution in [0.15, 0.2) is 48.8 Å². The first-order valence-electron chi connectivity index (χ1n) is 7.09. The number of nitrogens with zero attached hydrogens (tertiary/aromatic N) is 2. The van der Waals surface area contributed by atoms with Gasteiger partial charge in [0.25, 0.3) is 0 Å². The summed E-state index contributed by atoms with van der Waals surface area (Å²) in [6.45, 7) is 0. The molecule has 126 valence electrons. The maximum absolute atomic E-state index is 11.1. The molecule has 0 aromatic carbocycles. The highest BCUT2D eigenvalue weighted by Crippen LogP contribution is 2.24. The normalized spacial score (nSPS) is 10.3. The Morgan fingerprint density at radius 2 is 1.48 bits per heavy atom. The maximum Gasteiger partial charge on any atom is 0.348 e. The van der Waals surface area contributed by atoms with Crippen LogP contribution in [-0.4, -0.2) is 34.1 Å². The van der Waals surface area contributed by atoms with Gasteiger partial charge in [-0.05, 0) is 24.3 Å². The number of rotatable bonds is 2. The van der Waals surface area contributed by atoms with Crippen molar-refractivity contribution in [3.05, 3.63) is 58.5 Å². The molecule has 4 heterocycles. The molecule has 8 heteroatoms. The number of hydrogen-bond donors (Lipinski definition) is 1. The van der Waals surface area contributed by atoms with Crippen LogP contribution in [0, 0.1) is 0 Å². The predicted octanol–water partition coefficient (Wildman–Crippen LogP) is 4.08. The predicted molar refractivity (Wildman–Crippen MR) is 97.5 cm³/mol. The Bertz CT molecular complexity index is 989. The van der Waals surface area contributed by atoms with Crippen LogP contribution in [0.4, 0.5) is 0 Å². The highest BCUT2D eigenvalue weighted by atomic mass is 32.1. The molecule has 0 radical (unpaired) electrons. The molecule has 0 fully saturated rings. The van der Waals surface area contributed by atoms with Crippen LogP contribution in [0.5, 0.6) is 0 Å². The number of methoxy groups -OCH3 is 1. The summed E-state index contributed by atoms with van der Waals surface area (Å²) in [6, 6.07) is 10.8. The van der Waals surface area contributed by atoms with Crippen LogP contribution in [0.2, 0.25) is 0 Å². The quantitative estimate of drug-likeness (QED) is 0.533. The number of ether oxygens (including phenoxy) is 1. The number of carboxylic acids is 1. The topological polar surface area (TPSA) is 89.4 Å². The maximum atomic E-state index is 11.1. The van der Waals surface area contributed by atoms with E-state index in [1.807, 2.05) is 18.2 Å². The van der Waals surface area contributed by atoms with Crippen molar-refractivity contribution in [3.8, 4) is 0 Å². The zero-order valence-corrected chi connectivity index (χ0v) is 14.6. The van der Waals surface area contributed by atoms with Crippen LogP contribution < -0.4 is 0 Å². The molecule has 4 aromatic heterocycles. The van der Waals surface area contributed by atoms with Gasteiger partial charge in [-0.2, -0.15) is 0 Å². The van der Waals surface area contributed by atoms with Gasteiger partial charge in [-0.25, -0.2) is 19.6 Å². The lowest BCUT2D eigenvalue weighted by Crippen LogP contribution is -1.96. The number of carboxylic acid groups (broad SMARTS) is 1. The smallest absolute Gasteiger partial charge is 0.348 e. The van der Waals surface area contributed by atoms with Crippen LogP contribution in [-0.2, 0) is 4.74 Å². The summed E-state index contributed by atoms with van der Waals surface area (Å²) in [4.78, 5) is 32.4. The van der Waals surface area contributed by atoms with E-state index in [0.29, 0.717) is 9.75 Å². The molecule has 4 rings (SSSR count). The van der Waals surface area contributed by atoms with Gasteiger partial charge in [0.05, 0.1) is 7.11 Å². The third-order valence-corrected chi connectivity index (χ3v) is 5.27. The van der Waals surface area contributed by atoms with E-state index < -0.39 is 5.97 Å². The van der Waals surface area contributed by atoms with Crippen LogP contribution >= 0.6 is 22.7 Å². The van der Waals surface area contributed by atoms with E-state index in [-0.39, 0.29) is 5.97 Å². The van der Waals surface area contributed by atoms with Crippen molar-refractivity contribution in [2.24, 2.45) is 0 Å². The molecule has 0 saturated heterocycles. The molecular weight excluding hydrogens is 360 g/mol. The average Bonchev–Trinajstić information content (AvgIpc) is 3.25. The van der Waals surface area contributed by atoms with Crippen molar-refractivity contribution in [2.75, 3.05) is 7.11 Å². The summed E-state index contributed by atoms with van der Waals surface area (Å²) < 4.78 is 4.61. The first kappa shape index (κ1) is 17.0. The molecule has 0 amide bonds. The fraction of sp³-hybridized carbons (Fsp3) is 0.0588. The van der Waals surface area contributed by atoms with Crippen molar-refractivity contribution >= 4 is 55.0 Å². The minimum absolute atomic E-state index is 0.303. The van der Waals surface area contributed by atoms with Crippen molar-refractivity contribution in [1.29, 1.82) is 0 Å². The van der Waals surface area contributed by atoms with Gasteiger partial charge in [0.2, 0.25) is 0 Å². The second-order valence-corrected chi connectivity index (χ2v) is 6.87. The SMILES string of the molecule is COC(=O)c1cc2cccnc2s1.O=C(O)c1cc2cccnc2s1. The fourth-order valence-corrected chi connectivity index (χ4v) is 3.81. The molecule has 6 nitrogen and oxygen atoms in total. The van der Waals surface area contributed by atoms with Crippen LogP contribution in [0.3, 0.4) is 0 Å². The Morgan fingerprint density at radius 1 is 0.960 bits per heavy atom. The summed E-state index contributed by atoms with van der Waals surface area (Å²) in [6.07, 6.45) is 3.37. The lowest BCUT2D eigenvalue weighted by atomic mass is 10.3. The van der Waals surface area contributed by atoms with E-state index in [2.05, 4.69) is 14.7 Å². The Balaban J connectivity index is 0.000000146. The second kappa shape index (κ2) is 7.37. The number of thiophene rings is 2. The third kappa shape index (κ3) is 3.81. The minimum Gasteiger partial charge on any atom is -0.477 e. The molecule has 0 spiro atoms. The highest BCUT2D eigenvalue weighted by molar-refractivity contribution is 7.20. The van der Waals surface area contributed by atoms with Gasteiger partial charge < -0.3 is 9.84 Å². The Kier molecular flexibility index (Phi) is 5.01. The van der Waals surface area contributed by atoms with Crippen LogP contribution in [0.1, 0.15) is 19.3 Å². The lowest BCUT2D eigenvalue weighted by molar-refractivity contribution is 0.0605. The van der Waals surface area contributed by atoms with E-state index in [1.165, 1.54) is 29.8 Å². The summed E-state index contributed by atoms with van der Waals surface area (Å²) in [7, 11) is 1.38. The molecular formula is C17H12N2O4S2. The number of esters is 1. The molecule has 0 atom stereocenters. The number of fused-ring (bicyclic) bond motifs is 2. The Morgan fingerprint density at radius 3 is 1.96 bits per heavy atom. The molecule has 4 aromatic rings. The number of carbonyl (C=O) groups excluding carboxylic acids is 1. The van der Waals surface area contributed by atoms with E-state index in [4.69, 9.17) is 5.11 Å². The molecule has 25 heavy (non-hydrogen) atoms. The van der Waals surface area contributed by atoms with Crippen molar-refractivity contribution in [1.82, 2.24) is 9.97 Å². The summed E-state index contributed by atoms with van der Waals surface area (Å²) in [5.41, 5.74) is 0. The van der Waals surface area contributed by atoms with Crippen molar-refractivity contribution in [3.63, 3.8) is 0 Å². The summed E-state index contributed by atoms with van der Waals surface area (Å²) >= 11 is 2.54. The summed E-state index contributed by atoms with van der Waals surface area (Å²) in [5, 5.41) is 10.5. The van der Waals surface area contributed by atoms with E-state index >= 15 is 0 Å². The standard InChI is InChI=1S/C9H7NO2S.C8H5NO2S/c1-12-9(11)7-5-6-3-2-4-10-8(6)13-7;10-8(11)6-4-5-2-1-3-9-7(5)12-6/h2-5H,1H3;1-4H,(H,10,11). The number of pyridine rings is 2. The van der Waals surface area contributed by atoms with Gasteiger partial charge in [0.1, 0.15) is 19.4 Å². The van der Waals surface area contributed by atoms with E-state index in [9.17, 15) is 9.59 Å². The van der Waals surface area contributed by atoms with Gasteiger partial charge >= 0.3 is 11.9 Å². The van der Waals surface area contributed by atoms with Crippen molar-refractivity contribution in [2.45, 2.75) is 0 Å². The molecule has 1 N–H and O–H groups in total. The van der Waals surface area contributed by atoms with Crippen molar-refractivity contribution < 1.29 is 19.4 Å². The molecule has 0 bridgehead atoms. The fourth-order valence-electron chi connectivity index (χ4n) is 2.05. The van der Waals surface area contributed by atoms with Crippen LogP contribution in [0.25, 0.3) is 20.4 Å². The number of aromatic nitrogens is 2. The molecule has 0 unspecified atom stereocenters. The van der Waals surface area contributed by atoms with Gasteiger partial charge in [0.15, 0.2) is 0 Å². The van der Waals surface area contributed by atoms with Gasteiger partial charge in [-0.3, -0.25) is 0 Å². The molecule has 0 aliphatic rings. The third-order valence-electron chi connectivity index (χ3n) is 3.19. The average molecular weight is 372 g/mol. The molecule has 0 aliphatic carbocycles. The molecule has 0 saturated carbocycles. The van der Waals surface area contributed by atoms with Gasteiger partial charge in [0, 0.05) is 23.2 Å². The minimum atomic E-state index is -0.891. The first-order chi connectivity index (χ1) is 12.1. The second-order valence-electron chi connectivity index (χ2n) is 4.81. The monoisotopic (exact) mass is 372 g/mol. The number of carbonyl (C=O) groups is 2. The Hall–Kier alpha value is -2.84. The number of hydrogen-bond acceptors (Lipinski definition) is 7. The number of aromatic carboxylic acids is 1.